The fraction of sp³-hybridized carbons (Fsp3) is 0.182. The van der Waals surface area contributed by atoms with E-state index in [-0.39, 0.29) is 33.1 Å². The maximum absolute atomic E-state index is 13.3. The van der Waals surface area contributed by atoms with Gasteiger partial charge in [0.2, 0.25) is 5.91 Å². The Morgan fingerprint density at radius 2 is 1.86 bits per heavy atom. The summed E-state index contributed by atoms with van der Waals surface area (Å²) in [5.41, 5.74) is -0.0690. The van der Waals surface area contributed by atoms with Gasteiger partial charge < -0.3 is 23.5 Å². The van der Waals surface area contributed by atoms with Crippen LogP contribution in [0, 0.1) is 6.92 Å². The zero-order valence-corrected chi connectivity index (χ0v) is 20.0. The van der Waals surface area contributed by atoms with Gasteiger partial charge in [-0.3, -0.25) is 9.59 Å². The van der Waals surface area contributed by atoms with Crippen molar-refractivity contribution >= 4 is 32.7 Å². The first kappa shape index (κ1) is 24.2. The molecule has 1 amide bonds. The van der Waals surface area contributed by atoms with E-state index in [9.17, 15) is 26.8 Å². The number of imidazole rings is 1. The molecule has 0 spiro atoms. The summed E-state index contributed by atoms with van der Waals surface area (Å²) in [5.74, 6) is -1.66. The number of aromatic amines is 1. The van der Waals surface area contributed by atoms with E-state index in [0.717, 1.165) is 16.8 Å². The molecule has 0 fully saturated rings. The standard InChI is InChI=1S/C22H17F2N5O7S/c1-12-3-6-14(7-4-12)37(32,33)36-20-18-19(26-11-25-18)21(31)29(27-20)10-17(30)28(2)13-5-8-15-16(9-13)35-22(23,24)34-15/h3-9,11H,10H2,1-2H3,(H,25,26). The number of alkyl halides is 2. The number of fused-ring (bicyclic) bond motifs is 2. The third kappa shape index (κ3) is 4.55. The van der Waals surface area contributed by atoms with E-state index in [1.54, 1.807) is 19.1 Å². The van der Waals surface area contributed by atoms with E-state index in [1.165, 1.54) is 37.4 Å². The molecule has 0 bridgehead atoms. The van der Waals surface area contributed by atoms with Crippen molar-refractivity contribution in [2.24, 2.45) is 0 Å². The van der Waals surface area contributed by atoms with Crippen LogP contribution >= 0.6 is 0 Å². The summed E-state index contributed by atoms with van der Waals surface area (Å²) in [6.07, 6.45) is -2.67. The molecule has 0 radical (unpaired) electrons. The number of carbonyl (C=O) groups excluding carboxylic acids is 1. The Balaban J connectivity index is 1.44. The third-order valence-electron chi connectivity index (χ3n) is 5.43. The number of benzene rings is 2. The number of nitrogens with one attached hydrogen (secondary N) is 1. The first-order valence-electron chi connectivity index (χ1n) is 10.6. The van der Waals surface area contributed by atoms with Crippen LogP contribution in [-0.2, 0) is 21.5 Å². The molecule has 37 heavy (non-hydrogen) atoms. The fourth-order valence-corrected chi connectivity index (χ4v) is 4.38. The number of ether oxygens (including phenoxy) is 2. The molecule has 5 rings (SSSR count). The lowest BCUT2D eigenvalue weighted by Gasteiger charge is -2.18. The molecule has 12 nitrogen and oxygen atoms in total. The molecule has 2 aromatic carbocycles. The highest BCUT2D eigenvalue weighted by Gasteiger charge is 2.43. The maximum atomic E-state index is 13.3. The summed E-state index contributed by atoms with van der Waals surface area (Å²) in [5, 5.41) is 3.93. The topological polar surface area (TPSA) is 146 Å². The molecule has 0 saturated heterocycles. The quantitative estimate of drug-likeness (QED) is 0.369. The van der Waals surface area contributed by atoms with Gasteiger partial charge in [0.25, 0.3) is 11.4 Å². The van der Waals surface area contributed by atoms with Gasteiger partial charge >= 0.3 is 16.4 Å². The largest absolute Gasteiger partial charge is 0.586 e. The van der Waals surface area contributed by atoms with E-state index in [1.807, 2.05) is 0 Å². The minimum atomic E-state index is -4.34. The van der Waals surface area contributed by atoms with Crippen LogP contribution in [0.1, 0.15) is 5.56 Å². The number of anilines is 1. The second-order valence-corrected chi connectivity index (χ2v) is 9.54. The number of rotatable bonds is 6. The summed E-state index contributed by atoms with van der Waals surface area (Å²) >= 11 is 0. The zero-order chi connectivity index (χ0) is 26.5. The van der Waals surface area contributed by atoms with Crippen molar-refractivity contribution in [2.45, 2.75) is 24.7 Å². The van der Waals surface area contributed by atoms with Crippen molar-refractivity contribution in [3.05, 3.63) is 64.7 Å². The average Bonchev–Trinajstić information content (AvgIpc) is 3.44. The molecule has 3 heterocycles. The average molecular weight is 533 g/mol. The number of hydrogen-bond donors (Lipinski definition) is 1. The van der Waals surface area contributed by atoms with Gasteiger partial charge in [-0.25, -0.2) is 9.67 Å². The Bertz CT molecular complexity index is 1700. The van der Waals surface area contributed by atoms with Crippen LogP contribution in [0.5, 0.6) is 17.4 Å². The molecular formula is C22H17F2N5O7S. The second-order valence-electron chi connectivity index (χ2n) is 8.00. The van der Waals surface area contributed by atoms with Crippen molar-refractivity contribution in [3.63, 3.8) is 0 Å². The lowest BCUT2D eigenvalue weighted by molar-refractivity contribution is -0.286. The van der Waals surface area contributed by atoms with E-state index < -0.39 is 40.3 Å². The lowest BCUT2D eigenvalue weighted by Crippen LogP contribution is -2.35. The van der Waals surface area contributed by atoms with Crippen LogP contribution in [0.15, 0.2) is 58.5 Å². The Labute approximate surface area is 207 Å². The van der Waals surface area contributed by atoms with Gasteiger partial charge in [0.15, 0.2) is 17.0 Å². The van der Waals surface area contributed by atoms with Crippen LogP contribution in [-0.4, -0.2) is 47.4 Å². The molecule has 2 aromatic heterocycles. The summed E-state index contributed by atoms with van der Waals surface area (Å²) in [4.78, 5) is 33.2. The Hall–Kier alpha value is -4.53. The summed E-state index contributed by atoms with van der Waals surface area (Å²) in [6.45, 7) is 1.14. The minimum Gasteiger partial charge on any atom is -0.395 e. The Morgan fingerprint density at radius 3 is 2.59 bits per heavy atom. The monoisotopic (exact) mass is 533 g/mol. The van der Waals surface area contributed by atoms with Crippen molar-refractivity contribution < 1.29 is 35.6 Å². The zero-order valence-electron chi connectivity index (χ0n) is 19.1. The molecule has 0 unspecified atom stereocenters. The van der Waals surface area contributed by atoms with Gasteiger partial charge in [-0.1, -0.05) is 17.7 Å². The fourth-order valence-electron chi connectivity index (χ4n) is 3.49. The molecule has 15 heteroatoms. The number of aromatic nitrogens is 4. The van der Waals surface area contributed by atoms with Gasteiger partial charge in [0.1, 0.15) is 17.0 Å². The molecule has 1 N–H and O–H groups in total. The van der Waals surface area contributed by atoms with Crippen molar-refractivity contribution in [2.75, 3.05) is 11.9 Å². The number of nitrogens with zero attached hydrogens (tertiary/aromatic N) is 4. The van der Waals surface area contributed by atoms with Crippen LogP contribution in [0.2, 0.25) is 0 Å². The number of aryl methyl sites for hydroxylation is 1. The van der Waals surface area contributed by atoms with E-state index in [0.29, 0.717) is 4.68 Å². The molecule has 0 aliphatic carbocycles. The van der Waals surface area contributed by atoms with Crippen molar-refractivity contribution in [1.29, 1.82) is 0 Å². The van der Waals surface area contributed by atoms with Gasteiger partial charge in [-0.15, -0.1) is 13.9 Å². The van der Waals surface area contributed by atoms with E-state index in [2.05, 4.69) is 24.5 Å². The SMILES string of the molecule is Cc1ccc(S(=O)(=O)Oc2nn(CC(=O)N(C)c3ccc4c(c3)OC(F)(F)O4)c(=O)c3nc[nH]c23)cc1. The normalized spacial score (nSPS) is 14.1. The van der Waals surface area contributed by atoms with Gasteiger partial charge in [0.05, 0.1) is 6.33 Å². The van der Waals surface area contributed by atoms with Gasteiger partial charge in [0, 0.05) is 18.8 Å². The number of carbonyl (C=O) groups is 1. The molecule has 0 atom stereocenters. The van der Waals surface area contributed by atoms with Crippen LogP contribution in [0.3, 0.4) is 0 Å². The van der Waals surface area contributed by atoms with Crippen LogP contribution in [0.25, 0.3) is 11.0 Å². The molecular weight excluding hydrogens is 516 g/mol. The highest BCUT2D eigenvalue weighted by Crippen LogP contribution is 2.42. The number of hydrogen-bond acceptors (Lipinski definition) is 9. The van der Waals surface area contributed by atoms with Gasteiger partial charge in [-0.05, 0) is 31.2 Å². The van der Waals surface area contributed by atoms with Crippen molar-refractivity contribution in [3.8, 4) is 17.4 Å². The second kappa shape index (κ2) is 8.55. The first-order chi connectivity index (χ1) is 17.4. The molecule has 0 saturated carbocycles. The first-order valence-corrected chi connectivity index (χ1v) is 12.0. The summed E-state index contributed by atoms with van der Waals surface area (Å²) in [6, 6.07) is 9.60. The van der Waals surface area contributed by atoms with E-state index >= 15 is 0 Å². The van der Waals surface area contributed by atoms with Crippen LogP contribution < -0.4 is 24.1 Å². The van der Waals surface area contributed by atoms with E-state index in [4.69, 9.17) is 4.18 Å². The number of amides is 1. The Morgan fingerprint density at radius 1 is 1.16 bits per heavy atom. The van der Waals surface area contributed by atoms with Crippen LogP contribution in [0.4, 0.5) is 14.5 Å². The number of likely N-dealkylation sites (N-methyl/N-ethyl adjacent to an activating group) is 1. The molecule has 1 aliphatic rings. The molecule has 1 aliphatic heterocycles. The maximum Gasteiger partial charge on any atom is 0.586 e. The number of H-pyrrole nitrogens is 1. The predicted octanol–water partition coefficient (Wildman–Crippen LogP) is 2.18. The number of halogens is 2. The Kier molecular flexibility index (Phi) is 5.58. The molecule has 192 valence electrons. The van der Waals surface area contributed by atoms with Gasteiger partial charge in [-0.2, -0.15) is 8.42 Å². The summed E-state index contributed by atoms with van der Waals surface area (Å²) in [7, 11) is -3.00. The minimum absolute atomic E-state index is 0.0746. The van der Waals surface area contributed by atoms with Crippen molar-refractivity contribution in [1.82, 2.24) is 19.7 Å². The highest BCUT2D eigenvalue weighted by atomic mass is 32.2. The predicted molar refractivity (Wildman–Crippen MR) is 123 cm³/mol. The molecule has 4 aromatic rings. The summed E-state index contributed by atoms with van der Waals surface area (Å²) < 4.78 is 66.8. The third-order valence-corrected chi connectivity index (χ3v) is 6.66. The smallest absolute Gasteiger partial charge is 0.395 e. The highest BCUT2D eigenvalue weighted by molar-refractivity contribution is 7.87. The lowest BCUT2D eigenvalue weighted by atomic mass is 10.2.